The number of hydrogen-bond donors (Lipinski definition) is 0. The molecule has 0 aliphatic carbocycles. The molecular weight excluding hydrogens is 226 g/mol. The zero-order valence-corrected chi connectivity index (χ0v) is 10.3. The van der Waals surface area contributed by atoms with Crippen molar-refractivity contribution >= 4 is 17.8 Å². The van der Waals surface area contributed by atoms with Crippen LogP contribution in [0.5, 0.6) is 0 Å². The summed E-state index contributed by atoms with van der Waals surface area (Å²) < 4.78 is 18.9. The summed E-state index contributed by atoms with van der Waals surface area (Å²) in [6.07, 6.45) is 1.04. The summed E-state index contributed by atoms with van der Waals surface area (Å²) in [6, 6.07) is 13.3. The Morgan fingerprint density at radius 2 is 1.94 bits per heavy atom. The molecule has 0 atom stereocenters. The van der Waals surface area contributed by atoms with Crippen LogP contribution in [0.3, 0.4) is 0 Å². The van der Waals surface area contributed by atoms with Crippen LogP contribution in [0.25, 0.3) is 0 Å². The zero-order chi connectivity index (χ0) is 12.5. The van der Waals surface area contributed by atoms with Crippen molar-refractivity contribution < 1.29 is 9.04 Å². The molecule has 1 heterocycles. The lowest BCUT2D eigenvalue weighted by molar-refractivity contribution is 0.336. The van der Waals surface area contributed by atoms with Crippen LogP contribution in [0, 0.1) is 5.82 Å². The molecule has 1 aliphatic heterocycles. The van der Waals surface area contributed by atoms with Crippen LogP contribution in [0.4, 0.5) is 4.39 Å². The first kappa shape index (κ1) is 11.5. The van der Waals surface area contributed by atoms with Crippen molar-refractivity contribution in [2.24, 2.45) is 0 Å². The third-order valence-electron chi connectivity index (χ3n) is 3.48. The van der Waals surface area contributed by atoms with E-state index >= 15 is 0 Å². The summed E-state index contributed by atoms with van der Waals surface area (Å²) >= 11 is 0. The van der Waals surface area contributed by atoms with Gasteiger partial charge in [-0.25, -0.2) is 4.39 Å². The number of aryl methyl sites for hydroxylation is 1. The summed E-state index contributed by atoms with van der Waals surface area (Å²) in [4.78, 5) is 0. The van der Waals surface area contributed by atoms with E-state index in [1.54, 1.807) is 6.07 Å². The van der Waals surface area contributed by atoms with E-state index in [0.717, 1.165) is 22.9 Å². The van der Waals surface area contributed by atoms with E-state index in [4.69, 9.17) is 4.65 Å². The Balaban J connectivity index is 1.95. The maximum Gasteiger partial charge on any atom is 0.362 e. The van der Waals surface area contributed by atoms with Crippen LogP contribution in [-0.4, -0.2) is 6.92 Å². The number of benzene rings is 2. The van der Waals surface area contributed by atoms with E-state index in [-0.39, 0.29) is 12.7 Å². The predicted molar refractivity (Wildman–Crippen MR) is 72.0 cm³/mol. The molecular formula is C15H14BFO. The second-order valence-electron chi connectivity index (χ2n) is 4.63. The van der Waals surface area contributed by atoms with Gasteiger partial charge in [0.05, 0.1) is 6.61 Å². The lowest BCUT2D eigenvalue weighted by Gasteiger charge is -2.08. The SMILES string of the molecule is CCc1ccc(B2OCc3cc(F)ccc32)cc1. The van der Waals surface area contributed by atoms with Crippen LogP contribution in [0.2, 0.25) is 0 Å². The lowest BCUT2D eigenvalue weighted by atomic mass is 9.56. The molecule has 0 amide bonds. The minimum Gasteiger partial charge on any atom is -0.423 e. The topological polar surface area (TPSA) is 9.23 Å². The minimum absolute atomic E-state index is 0.0495. The van der Waals surface area contributed by atoms with Gasteiger partial charge in [-0.15, -0.1) is 0 Å². The standard InChI is InChI=1S/C15H14BFO/c1-2-11-3-5-13(6-4-11)16-15-8-7-14(17)9-12(15)10-18-16/h3-9H,2,10H2,1H3. The van der Waals surface area contributed by atoms with Crippen molar-refractivity contribution in [2.45, 2.75) is 20.0 Å². The highest BCUT2D eigenvalue weighted by Gasteiger charge is 2.29. The van der Waals surface area contributed by atoms with Crippen molar-refractivity contribution in [1.82, 2.24) is 0 Å². The van der Waals surface area contributed by atoms with Gasteiger partial charge < -0.3 is 4.65 Å². The maximum atomic E-state index is 13.1. The van der Waals surface area contributed by atoms with Crippen LogP contribution in [-0.2, 0) is 17.7 Å². The number of halogens is 1. The predicted octanol–water partition coefficient (Wildman–Crippen LogP) is 2.02. The molecule has 18 heavy (non-hydrogen) atoms. The Morgan fingerprint density at radius 3 is 2.67 bits per heavy atom. The molecule has 2 aromatic carbocycles. The molecule has 3 heteroatoms. The second kappa shape index (κ2) is 4.58. The molecule has 0 unspecified atom stereocenters. The molecule has 3 rings (SSSR count). The quantitative estimate of drug-likeness (QED) is 0.730. The van der Waals surface area contributed by atoms with Crippen LogP contribution < -0.4 is 10.9 Å². The Bertz CT molecular complexity index is 565. The molecule has 90 valence electrons. The summed E-state index contributed by atoms with van der Waals surface area (Å²) in [5.41, 5.74) is 4.49. The summed E-state index contributed by atoms with van der Waals surface area (Å²) in [5.74, 6) is -0.195. The molecule has 0 aromatic heterocycles. The van der Waals surface area contributed by atoms with E-state index in [1.165, 1.54) is 11.6 Å². The monoisotopic (exact) mass is 240 g/mol. The van der Waals surface area contributed by atoms with Gasteiger partial charge in [0.15, 0.2) is 0 Å². The first-order valence-corrected chi connectivity index (χ1v) is 6.26. The fraction of sp³-hybridized carbons (Fsp3) is 0.200. The molecule has 1 nitrogen and oxygen atoms in total. The van der Waals surface area contributed by atoms with Crippen molar-refractivity contribution in [3.8, 4) is 0 Å². The van der Waals surface area contributed by atoms with E-state index in [9.17, 15) is 4.39 Å². The normalized spacial score (nSPS) is 13.8. The first-order valence-electron chi connectivity index (χ1n) is 6.26. The van der Waals surface area contributed by atoms with Crippen LogP contribution in [0.1, 0.15) is 18.1 Å². The van der Waals surface area contributed by atoms with E-state index in [2.05, 4.69) is 31.2 Å². The van der Waals surface area contributed by atoms with Gasteiger partial charge in [0.25, 0.3) is 0 Å². The van der Waals surface area contributed by atoms with Gasteiger partial charge in [0, 0.05) is 0 Å². The van der Waals surface area contributed by atoms with Crippen molar-refractivity contribution in [3.05, 3.63) is 59.4 Å². The lowest BCUT2D eigenvalue weighted by Crippen LogP contribution is -2.41. The highest BCUT2D eigenvalue weighted by Crippen LogP contribution is 2.12. The second-order valence-corrected chi connectivity index (χ2v) is 4.63. The molecule has 1 aliphatic rings. The third-order valence-corrected chi connectivity index (χ3v) is 3.48. The van der Waals surface area contributed by atoms with Gasteiger partial charge in [-0.3, -0.25) is 0 Å². The van der Waals surface area contributed by atoms with Gasteiger partial charge in [0.2, 0.25) is 0 Å². The highest BCUT2D eigenvalue weighted by atomic mass is 19.1. The van der Waals surface area contributed by atoms with Gasteiger partial charge in [-0.1, -0.05) is 37.3 Å². The summed E-state index contributed by atoms with van der Waals surface area (Å²) in [6.45, 7) is 2.58. The fourth-order valence-electron chi connectivity index (χ4n) is 2.42. The number of fused-ring (bicyclic) bond motifs is 1. The Morgan fingerprint density at radius 1 is 1.17 bits per heavy atom. The van der Waals surface area contributed by atoms with Gasteiger partial charge in [0.1, 0.15) is 5.82 Å². The smallest absolute Gasteiger partial charge is 0.362 e. The first-order chi connectivity index (χ1) is 8.78. The van der Waals surface area contributed by atoms with E-state index in [1.807, 2.05) is 6.07 Å². The highest BCUT2D eigenvalue weighted by molar-refractivity contribution is 6.81. The molecule has 2 aromatic rings. The number of hydrogen-bond acceptors (Lipinski definition) is 1. The van der Waals surface area contributed by atoms with Gasteiger partial charge in [-0.2, -0.15) is 0 Å². The van der Waals surface area contributed by atoms with Crippen molar-refractivity contribution in [1.29, 1.82) is 0 Å². The van der Waals surface area contributed by atoms with Crippen LogP contribution >= 0.6 is 0 Å². The number of rotatable bonds is 2. The van der Waals surface area contributed by atoms with Gasteiger partial charge in [-0.05, 0) is 40.6 Å². The molecule has 0 radical (unpaired) electrons. The molecule has 0 N–H and O–H groups in total. The van der Waals surface area contributed by atoms with Gasteiger partial charge >= 0.3 is 6.92 Å². The largest absolute Gasteiger partial charge is 0.423 e. The van der Waals surface area contributed by atoms with E-state index < -0.39 is 0 Å². The summed E-state index contributed by atoms with van der Waals surface area (Å²) in [5, 5.41) is 0. The molecule has 0 saturated carbocycles. The Labute approximate surface area is 107 Å². The molecule has 0 saturated heterocycles. The minimum atomic E-state index is -0.195. The average molecular weight is 240 g/mol. The van der Waals surface area contributed by atoms with E-state index in [0.29, 0.717) is 6.61 Å². The molecule has 0 fully saturated rings. The average Bonchev–Trinajstić information content (AvgIpc) is 2.81. The molecule has 0 spiro atoms. The zero-order valence-electron chi connectivity index (χ0n) is 10.3. The van der Waals surface area contributed by atoms with Crippen molar-refractivity contribution in [3.63, 3.8) is 0 Å². The van der Waals surface area contributed by atoms with Crippen molar-refractivity contribution in [2.75, 3.05) is 0 Å². The molecule has 0 bridgehead atoms. The summed E-state index contributed by atoms with van der Waals surface area (Å²) in [7, 11) is 0. The van der Waals surface area contributed by atoms with Crippen LogP contribution in [0.15, 0.2) is 42.5 Å². The Hall–Kier alpha value is -1.61. The maximum absolute atomic E-state index is 13.1. The third kappa shape index (κ3) is 1.95. The Kier molecular flexibility index (Phi) is 2.92. The fourth-order valence-corrected chi connectivity index (χ4v) is 2.42.